The summed E-state index contributed by atoms with van der Waals surface area (Å²) in [7, 11) is 1.70. The number of methoxy groups -OCH3 is 1. The summed E-state index contributed by atoms with van der Waals surface area (Å²) in [5.41, 5.74) is 0. The summed E-state index contributed by atoms with van der Waals surface area (Å²) >= 11 is 0. The summed E-state index contributed by atoms with van der Waals surface area (Å²) in [6.45, 7) is 2.93. The zero-order valence-electron chi connectivity index (χ0n) is 9.74. The van der Waals surface area contributed by atoms with Gasteiger partial charge < -0.3 is 14.6 Å². The summed E-state index contributed by atoms with van der Waals surface area (Å²) in [6, 6.07) is 0. The first-order chi connectivity index (χ1) is 7.88. The van der Waals surface area contributed by atoms with Crippen LogP contribution in [0.1, 0.15) is 24.6 Å². The van der Waals surface area contributed by atoms with Gasteiger partial charge in [-0.25, -0.2) is 0 Å². The Bertz CT molecular complexity index is 308. The van der Waals surface area contributed by atoms with Crippen molar-refractivity contribution in [3.63, 3.8) is 0 Å². The lowest BCUT2D eigenvalue weighted by atomic mass is 10.1. The van der Waals surface area contributed by atoms with Crippen LogP contribution in [-0.4, -0.2) is 36.9 Å². The van der Waals surface area contributed by atoms with Gasteiger partial charge in [-0.05, 0) is 31.8 Å². The molecule has 1 aromatic rings. The van der Waals surface area contributed by atoms with Gasteiger partial charge in [0, 0.05) is 26.6 Å². The lowest BCUT2D eigenvalue weighted by Crippen LogP contribution is -2.10. The molecule has 5 heteroatoms. The molecule has 16 heavy (non-hydrogen) atoms. The predicted molar refractivity (Wildman–Crippen MR) is 59.2 cm³/mol. The molecule has 2 rings (SSSR count). The molecule has 1 N–H and O–H groups in total. The highest BCUT2D eigenvalue weighted by Crippen LogP contribution is 2.14. The van der Waals surface area contributed by atoms with E-state index in [1.807, 2.05) is 0 Å². The van der Waals surface area contributed by atoms with E-state index in [2.05, 4.69) is 15.5 Å². The fraction of sp³-hybridized carbons (Fsp3) is 0.818. The summed E-state index contributed by atoms with van der Waals surface area (Å²) < 4.78 is 10.2. The van der Waals surface area contributed by atoms with E-state index < -0.39 is 0 Å². The first kappa shape index (κ1) is 11.5. The molecule has 1 aliphatic heterocycles. The lowest BCUT2D eigenvalue weighted by molar-refractivity contribution is 0.194. The molecule has 0 saturated carbocycles. The highest BCUT2D eigenvalue weighted by atomic mass is 16.5. The van der Waals surface area contributed by atoms with Crippen molar-refractivity contribution in [3.05, 3.63) is 11.7 Å². The normalized spacial score (nSPS) is 20.4. The number of hydrogen-bond donors (Lipinski definition) is 1. The largest absolute Gasteiger partial charge is 0.385 e. The van der Waals surface area contributed by atoms with Crippen LogP contribution in [0.5, 0.6) is 0 Å². The molecule has 1 atom stereocenters. The van der Waals surface area contributed by atoms with Crippen LogP contribution in [0.3, 0.4) is 0 Å². The van der Waals surface area contributed by atoms with Gasteiger partial charge in [-0.15, -0.1) is 0 Å². The summed E-state index contributed by atoms with van der Waals surface area (Å²) in [5, 5.41) is 7.30. The van der Waals surface area contributed by atoms with Crippen molar-refractivity contribution in [2.75, 3.05) is 26.8 Å². The van der Waals surface area contributed by atoms with Crippen LogP contribution in [0.4, 0.5) is 0 Å². The Labute approximate surface area is 95.6 Å². The van der Waals surface area contributed by atoms with Gasteiger partial charge in [-0.3, -0.25) is 0 Å². The topological polar surface area (TPSA) is 60.2 Å². The second-order valence-electron chi connectivity index (χ2n) is 4.26. The van der Waals surface area contributed by atoms with Gasteiger partial charge in [0.15, 0.2) is 5.82 Å². The van der Waals surface area contributed by atoms with E-state index >= 15 is 0 Å². The van der Waals surface area contributed by atoms with Gasteiger partial charge in [0.25, 0.3) is 0 Å². The van der Waals surface area contributed by atoms with Crippen molar-refractivity contribution in [1.82, 2.24) is 15.5 Å². The van der Waals surface area contributed by atoms with Gasteiger partial charge in [0.2, 0.25) is 5.89 Å². The number of rotatable bonds is 6. The van der Waals surface area contributed by atoms with Crippen molar-refractivity contribution in [2.45, 2.75) is 25.7 Å². The Kier molecular flexibility index (Phi) is 4.30. The maximum Gasteiger partial charge on any atom is 0.226 e. The smallest absolute Gasteiger partial charge is 0.226 e. The molecule has 0 radical (unpaired) electrons. The molecule has 0 aliphatic carbocycles. The molecule has 0 aromatic carbocycles. The minimum atomic E-state index is 0.660. The molecule has 1 saturated heterocycles. The minimum absolute atomic E-state index is 0.660. The molecule has 1 aliphatic rings. The second-order valence-corrected chi connectivity index (χ2v) is 4.26. The first-order valence-corrected chi connectivity index (χ1v) is 5.89. The highest BCUT2D eigenvalue weighted by molar-refractivity contribution is 4.89. The van der Waals surface area contributed by atoms with Crippen molar-refractivity contribution < 1.29 is 9.26 Å². The molecule has 1 unspecified atom stereocenters. The molecule has 5 nitrogen and oxygen atoms in total. The Hall–Kier alpha value is -0.940. The third kappa shape index (κ3) is 3.28. The summed E-state index contributed by atoms with van der Waals surface area (Å²) in [6.07, 6.45) is 3.90. The zero-order chi connectivity index (χ0) is 11.2. The van der Waals surface area contributed by atoms with Crippen LogP contribution in [0.25, 0.3) is 0 Å². The fourth-order valence-electron chi connectivity index (χ4n) is 1.98. The van der Waals surface area contributed by atoms with Gasteiger partial charge in [0.05, 0.1) is 0 Å². The monoisotopic (exact) mass is 225 g/mol. The number of nitrogens with one attached hydrogen (secondary N) is 1. The number of aromatic nitrogens is 2. The quantitative estimate of drug-likeness (QED) is 0.726. The predicted octanol–water partition coefficient (Wildman–Crippen LogP) is 0.801. The van der Waals surface area contributed by atoms with Crippen LogP contribution >= 0.6 is 0 Å². The van der Waals surface area contributed by atoms with Crippen LogP contribution in [0.2, 0.25) is 0 Å². The summed E-state index contributed by atoms with van der Waals surface area (Å²) in [4.78, 5) is 4.38. The average molecular weight is 225 g/mol. The molecule has 1 aromatic heterocycles. The third-order valence-electron chi connectivity index (χ3n) is 2.88. The van der Waals surface area contributed by atoms with E-state index in [0.717, 1.165) is 50.7 Å². The zero-order valence-corrected chi connectivity index (χ0v) is 9.74. The standard InChI is InChI=1S/C11H19N3O2/c1-15-6-2-3-10-13-11(16-14-10)7-9-4-5-12-8-9/h9,12H,2-8H2,1H3. The molecule has 0 spiro atoms. The van der Waals surface area contributed by atoms with Crippen molar-refractivity contribution in [2.24, 2.45) is 5.92 Å². The van der Waals surface area contributed by atoms with Gasteiger partial charge in [-0.1, -0.05) is 5.16 Å². The number of hydrogen-bond acceptors (Lipinski definition) is 5. The van der Waals surface area contributed by atoms with E-state index in [0.29, 0.717) is 5.92 Å². The SMILES string of the molecule is COCCCc1noc(CC2CCNC2)n1. The van der Waals surface area contributed by atoms with Gasteiger partial charge in [-0.2, -0.15) is 4.98 Å². The molecular weight excluding hydrogens is 206 g/mol. The van der Waals surface area contributed by atoms with Crippen molar-refractivity contribution in [1.29, 1.82) is 0 Å². The second kappa shape index (κ2) is 5.96. The summed E-state index contributed by atoms with van der Waals surface area (Å²) in [5.74, 6) is 2.24. The first-order valence-electron chi connectivity index (χ1n) is 5.89. The van der Waals surface area contributed by atoms with E-state index in [-0.39, 0.29) is 0 Å². The average Bonchev–Trinajstić information content (AvgIpc) is 2.91. The molecule has 0 amide bonds. The fourth-order valence-corrected chi connectivity index (χ4v) is 1.98. The van der Waals surface area contributed by atoms with E-state index in [9.17, 15) is 0 Å². The molecular formula is C11H19N3O2. The third-order valence-corrected chi connectivity index (χ3v) is 2.88. The van der Waals surface area contributed by atoms with Crippen LogP contribution in [0, 0.1) is 5.92 Å². The Morgan fingerprint density at radius 2 is 2.50 bits per heavy atom. The maximum absolute atomic E-state index is 5.23. The van der Waals surface area contributed by atoms with Crippen molar-refractivity contribution in [3.8, 4) is 0 Å². The lowest BCUT2D eigenvalue weighted by Gasteiger charge is -2.01. The molecule has 1 fully saturated rings. The highest BCUT2D eigenvalue weighted by Gasteiger charge is 2.18. The minimum Gasteiger partial charge on any atom is -0.385 e. The molecule has 0 bridgehead atoms. The van der Waals surface area contributed by atoms with E-state index in [4.69, 9.17) is 9.26 Å². The molecule has 90 valence electrons. The Balaban J connectivity index is 1.77. The van der Waals surface area contributed by atoms with Gasteiger partial charge >= 0.3 is 0 Å². The van der Waals surface area contributed by atoms with E-state index in [1.165, 1.54) is 6.42 Å². The van der Waals surface area contributed by atoms with Crippen LogP contribution in [-0.2, 0) is 17.6 Å². The van der Waals surface area contributed by atoms with E-state index in [1.54, 1.807) is 7.11 Å². The number of nitrogens with zero attached hydrogens (tertiary/aromatic N) is 2. The maximum atomic E-state index is 5.23. The van der Waals surface area contributed by atoms with Crippen LogP contribution in [0.15, 0.2) is 4.52 Å². The Morgan fingerprint density at radius 1 is 1.56 bits per heavy atom. The Morgan fingerprint density at radius 3 is 3.25 bits per heavy atom. The number of ether oxygens (including phenoxy) is 1. The molecule has 2 heterocycles. The number of aryl methyl sites for hydroxylation is 1. The van der Waals surface area contributed by atoms with Gasteiger partial charge in [0.1, 0.15) is 0 Å². The van der Waals surface area contributed by atoms with Crippen LogP contribution < -0.4 is 5.32 Å². The van der Waals surface area contributed by atoms with Crippen molar-refractivity contribution >= 4 is 0 Å².